The van der Waals surface area contributed by atoms with Crippen molar-refractivity contribution in [1.82, 2.24) is 19.8 Å². The molecule has 5 aromatic rings. The summed E-state index contributed by atoms with van der Waals surface area (Å²) in [5.74, 6) is 0.142. The molecular formula is C40H41ClN6O5. The molecule has 1 N–H and O–H groups in total. The monoisotopic (exact) mass is 720 g/mol. The van der Waals surface area contributed by atoms with Crippen molar-refractivity contribution in [3.05, 3.63) is 99.8 Å². The second-order valence-electron chi connectivity index (χ2n) is 13.5. The molecule has 0 spiro atoms. The second kappa shape index (κ2) is 15.6. The van der Waals surface area contributed by atoms with E-state index in [0.29, 0.717) is 47.6 Å². The number of oxazole rings is 1. The van der Waals surface area contributed by atoms with Crippen LogP contribution in [0, 0.1) is 18.3 Å². The number of benzene rings is 3. The van der Waals surface area contributed by atoms with Crippen LogP contribution < -0.4 is 14.4 Å². The quantitative estimate of drug-likeness (QED) is 0.150. The predicted octanol–water partition coefficient (Wildman–Crippen LogP) is 7.07. The molecule has 1 atom stereocenters. The normalized spacial score (nSPS) is 16.9. The van der Waals surface area contributed by atoms with E-state index in [1.54, 1.807) is 24.4 Å². The molecule has 2 fully saturated rings. The lowest BCUT2D eigenvalue weighted by atomic mass is 9.96. The summed E-state index contributed by atoms with van der Waals surface area (Å²) in [6.07, 6.45) is 5.54. The van der Waals surface area contributed by atoms with E-state index in [1.807, 2.05) is 23.1 Å². The summed E-state index contributed by atoms with van der Waals surface area (Å²) in [5, 5.41) is 19.6. The zero-order valence-corrected chi connectivity index (χ0v) is 30.1. The lowest BCUT2D eigenvalue weighted by molar-refractivity contribution is -0.144. The van der Waals surface area contributed by atoms with Gasteiger partial charge in [-0.25, -0.2) is 0 Å². The van der Waals surface area contributed by atoms with Gasteiger partial charge in [0, 0.05) is 62.3 Å². The van der Waals surface area contributed by atoms with Crippen LogP contribution in [0.3, 0.4) is 0 Å². The van der Waals surface area contributed by atoms with Crippen LogP contribution in [0.15, 0.2) is 71.4 Å². The fraction of sp³-hybridized carbons (Fsp3) is 0.350. The van der Waals surface area contributed by atoms with Gasteiger partial charge in [0.05, 0.1) is 10.6 Å². The summed E-state index contributed by atoms with van der Waals surface area (Å²) in [6, 6.07) is 19.8. The van der Waals surface area contributed by atoms with Crippen LogP contribution in [0.4, 0.5) is 6.01 Å². The number of pyridine rings is 1. The second-order valence-corrected chi connectivity index (χ2v) is 13.9. The zero-order chi connectivity index (χ0) is 36.2. The van der Waals surface area contributed by atoms with E-state index >= 15 is 0 Å². The van der Waals surface area contributed by atoms with E-state index in [4.69, 9.17) is 30.5 Å². The Morgan fingerprint density at radius 3 is 2.63 bits per heavy atom. The molecule has 3 aromatic carbocycles. The molecule has 268 valence electrons. The summed E-state index contributed by atoms with van der Waals surface area (Å²) in [5.41, 5.74) is 7.69. The largest absolute Gasteiger partial charge is 0.488 e. The lowest BCUT2D eigenvalue weighted by Crippen LogP contribution is -2.44. The van der Waals surface area contributed by atoms with Gasteiger partial charge in [-0.1, -0.05) is 42.3 Å². The predicted molar refractivity (Wildman–Crippen MR) is 199 cm³/mol. The first-order valence-corrected chi connectivity index (χ1v) is 18.0. The molecule has 0 unspecified atom stereocenters. The summed E-state index contributed by atoms with van der Waals surface area (Å²) in [7, 11) is 2.13. The number of aliphatic carboxylic acids is 1. The number of nitriles is 1. The molecule has 2 aliphatic rings. The molecular weight excluding hydrogens is 680 g/mol. The number of rotatable bonds is 11. The van der Waals surface area contributed by atoms with Crippen molar-refractivity contribution in [1.29, 1.82) is 5.26 Å². The Hall–Kier alpha value is -5.15. The van der Waals surface area contributed by atoms with Crippen LogP contribution in [0.25, 0.3) is 22.2 Å². The number of ether oxygens (including phenoxy) is 2. The third-order valence-corrected chi connectivity index (χ3v) is 10.3. The number of piperazine rings is 1. The van der Waals surface area contributed by atoms with E-state index in [9.17, 15) is 15.2 Å². The van der Waals surface area contributed by atoms with Crippen LogP contribution >= 0.6 is 11.6 Å². The highest BCUT2D eigenvalue weighted by Gasteiger charge is 2.29. The molecule has 0 saturated carbocycles. The molecule has 7 rings (SSSR count). The molecule has 0 aliphatic carbocycles. The number of nitrogens with zero attached hydrogens (tertiary/aromatic N) is 6. The maximum atomic E-state index is 12.1. The van der Waals surface area contributed by atoms with Crippen LogP contribution in [-0.2, 0) is 24.6 Å². The summed E-state index contributed by atoms with van der Waals surface area (Å²) in [6.45, 7) is 7.24. The van der Waals surface area contributed by atoms with Gasteiger partial charge in [0.1, 0.15) is 42.3 Å². The average Bonchev–Trinajstić information content (AvgIpc) is 3.59. The number of hydrogen-bond donors (Lipinski definition) is 1. The molecule has 4 heterocycles. The van der Waals surface area contributed by atoms with E-state index in [2.05, 4.69) is 53.0 Å². The van der Waals surface area contributed by atoms with Crippen molar-refractivity contribution in [2.24, 2.45) is 0 Å². The van der Waals surface area contributed by atoms with Crippen molar-refractivity contribution >= 4 is 34.7 Å². The van der Waals surface area contributed by atoms with E-state index in [0.717, 1.165) is 83.5 Å². The zero-order valence-electron chi connectivity index (χ0n) is 29.3. The van der Waals surface area contributed by atoms with E-state index < -0.39 is 12.0 Å². The highest BCUT2D eigenvalue weighted by Crippen LogP contribution is 2.37. The Labute approximate surface area is 308 Å². The number of fused-ring (bicyclic) bond motifs is 1. The van der Waals surface area contributed by atoms with Gasteiger partial charge in [0.15, 0.2) is 5.58 Å². The molecule has 12 heteroatoms. The number of likely N-dealkylation sites (N-methyl/N-ethyl adjacent to an activating group) is 1. The Kier molecular flexibility index (Phi) is 10.6. The first-order chi connectivity index (χ1) is 25.2. The van der Waals surface area contributed by atoms with Gasteiger partial charge >= 0.3 is 5.97 Å². The van der Waals surface area contributed by atoms with Gasteiger partial charge in [-0.05, 0) is 79.9 Å². The maximum Gasteiger partial charge on any atom is 0.320 e. The number of carboxylic acid groups (broad SMARTS) is 1. The van der Waals surface area contributed by atoms with Gasteiger partial charge in [-0.3, -0.25) is 14.7 Å². The molecule has 11 nitrogen and oxygen atoms in total. The van der Waals surface area contributed by atoms with Crippen molar-refractivity contribution in [3.63, 3.8) is 0 Å². The highest BCUT2D eigenvalue weighted by molar-refractivity contribution is 6.32. The fourth-order valence-corrected chi connectivity index (χ4v) is 7.18. The van der Waals surface area contributed by atoms with Crippen LogP contribution in [0.2, 0.25) is 5.02 Å². The summed E-state index contributed by atoms with van der Waals surface area (Å²) >= 11 is 6.85. The molecule has 2 aliphatic heterocycles. The Bertz CT molecular complexity index is 2120. The van der Waals surface area contributed by atoms with Crippen molar-refractivity contribution in [3.8, 4) is 28.7 Å². The SMILES string of the molecule is Cc1c(COc2cc(OCc3cncc(C#N)c3)c(CN3CCCC[C@H]3C(=O)O)cc2Cl)cccc1-c1ccc2oc(N3CCN(C)CC3)nc2c1. The van der Waals surface area contributed by atoms with Crippen molar-refractivity contribution in [2.75, 3.05) is 44.7 Å². The standard InChI is InChI=1S/C40H41ClN6O5/c1-26-30(6-5-7-32(26)29-9-10-36-34(18-29)44-40(52-36)46-14-12-45(2)13-15-46)25-51-38-19-37(50-24-28-16-27(20-42)21-43-22-28)31(17-33(38)41)23-47-11-4-3-8-35(47)39(48)49/h5-7,9-10,16-19,21-22,35H,3-4,8,11-15,23-25H2,1-2H3,(H,48,49)/t35-/m0/s1. The Morgan fingerprint density at radius 1 is 1.00 bits per heavy atom. The molecule has 0 bridgehead atoms. The average molecular weight is 721 g/mol. The number of halogens is 1. The van der Waals surface area contributed by atoms with Crippen molar-refractivity contribution in [2.45, 2.75) is 52.0 Å². The summed E-state index contributed by atoms with van der Waals surface area (Å²) in [4.78, 5) is 27.5. The van der Waals surface area contributed by atoms with Gasteiger partial charge in [0.25, 0.3) is 6.01 Å². The number of likely N-dealkylation sites (tertiary alicyclic amines) is 1. The van der Waals surface area contributed by atoms with Gasteiger partial charge < -0.3 is 28.8 Å². The van der Waals surface area contributed by atoms with E-state index in [-0.39, 0.29) is 13.2 Å². The van der Waals surface area contributed by atoms with Crippen molar-refractivity contribution < 1.29 is 23.8 Å². The molecule has 2 aromatic heterocycles. The number of carboxylic acids is 1. The molecule has 2 saturated heterocycles. The minimum atomic E-state index is -0.832. The van der Waals surface area contributed by atoms with Crippen LogP contribution in [-0.4, -0.2) is 76.7 Å². The minimum absolute atomic E-state index is 0.160. The first kappa shape index (κ1) is 35.3. The Morgan fingerprint density at radius 2 is 1.83 bits per heavy atom. The fourth-order valence-electron chi connectivity index (χ4n) is 6.94. The number of anilines is 1. The van der Waals surface area contributed by atoms with Crippen LogP contribution in [0.1, 0.15) is 47.1 Å². The lowest BCUT2D eigenvalue weighted by Gasteiger charge is -2.33. The molecule has 0 radical (unpaired) electrons. The molecule has 0 amide bonds. The smallest absolute Gasteiger partial charge is 0.320 e. The third-order valence-electron chi connectivity index (χ3n) is 10.00. The maximum absolute atomic E-state index is 12.1. The number of piperidine rings is 1. The number of hydrogen-bond acceptors (Lipinski definition) is 10. The first-order valence-electron chi connectivity index (χ1n) is 17.6. The van der Waals surface area contributed by atoms with Gasteiger partial charge in [-0.15, -0.1) is 0 Å². The summed E-state index contributed by atoms with van der Waals surface area (Å²) < 4.78 is 18.8. The minimum Gasteiger partial charge on any atom is -0.488 e. The topological polar surface area (TPSA) is 128 Å². The van der Waals surface area contributed by atoms with Gasteiger partial charge in [0.2, 0.25) is 0 Å². The third kappa shape index (κ3) is 7.84. The molecule has 52 heavy (non-hydrogen) atoms. The number of aromatic nitrogens is 2. The van der Waals surface area contributed by atoms with Gasteiger partial charge in [-0.2, -0.15) is 10.2 Å². The van der Waals surface area contributed by atoms with E-state index in [1.165, 1.54) is 6.20 Å². The Balaban J connectivity index is 1.12. The van der Waals surface area contributed by atoms with Crippen LogP contribution in [0.5, 0.6) is 11.5 Å². The number of carbonyl (C=O) groups is 1. The highest BCUT2D eigenvalue weighted by atomic mass is 35.5.